The minimum atomic E-state index is -0.511. The Balaban J connectivity index is 2.88. The lowest BCUT2D eigenvalue weighted by atomic mass is 9.90. The van der Waals surface area contributed by atoms with Crippen LogP contribution in [0.1, 0.15) is 49.9 Å². The Morgan fingerprint density at radius 1 is 1.29 bits per heavy atom. The van der Waals surface area contributed by atoms with Crippen molar-refractivity contribution in [1.82, 2.24) is 0 Å². The fraction of sp³-hybridized carbons (Fsp3) is 0.500. The molecule has 0 aliphatic carbocycles. The summed E-state index contributed by atoms with van der Waals surface area (Å²) in [5.74, 6) is -0.469. The van der Waals surface area contributed by atoms with Crippen molar-refractivity contribution < 1.29 is 9.18 Å². The molecule has 0 amide bonds. The number of nitrogen functional groups attached to an aromatic ring is 1. The van der Waals surface area contributed by atoms with Gasteiger partial charge in [0.05, 0.1) is 5.69 Å². The third kappa shape index (κ3) is 3.55. The average Bonchev–Trinajstić information content (AvgIpc) is 2.31. The number of anilines is 1. The van der Waals surface area contributed by atoms with Crippen LogP contribution >= 0.6 is 0 Å². The molecule has 94 valence electrons. The van der Waals surface area contributed by atoms with E-state index < -0.39 is 5.82 Å². The number of Topliss-reactive ketones (excluding diaryl/α,β-unsaturated/α-hetero) is 1. The second-order valence-electron chi connectivity index (χ2n) is 4.37. The summed E-state index contributed by atoms with van der Waals surface area (Å²) in [6, 6.07) is 4.31. The molecule has 17 heavy (non-hydrogen) atoms. The van der Waals surface area contributed by atoms with E-state index in [4.69, 9.17) is 5.73 Å². The molecule has 0 heterocycles. The third-order valence-electron chi connectivity index (χ3n) is 2.93. The van der Waals surface area contributed by atoms with Gasteiger partial charge in [0, 0.05) is 11.5 Å². The van der Waals surface area contributed by atoms with E-state index in [1.54, 1.807) is 6.07 Å². The highest BCUT2D eigenvalue weighted by Crippen LogP contribution is 2.21. The third-order valence-corrected chi connectivity index (χ3v) is 2.93. The van der Waals surface area contributed by atoms with E-state index in [1.807, 2.05) is 0 Å². The summed E-state index contributed by atoms with van der Waals surface area (Å²) in [6.07, 6.45) is 3.65. The van der Waals surface area contributed by atoms with Gasteiger partial charge in [0.1, 0.15) is 5.82 Å². The quantitative estimate of drug-likeness (QED) is 0.604. The summed E-state index contributed by atoms with van der Waals surface area (Å²) < 4.78 is 13.3. The van der Waals surface area contributed by atoms with Crippen LogP contribution in [0.5, 0.6) is 0 Å². The van der Waals surface area contributed by atoms with Crippen LogP contribution in [-0.2, 0) is 0 Å². The number of carbonyl (C=O) groups is 1. The summed E-state index contributed by atoms with van der Waals surface area (Å²) in [5, 5.41) is 0. The Morgan fingerprint density at radius 2 is 1.88 bits per heavy atom. The zero-order valence-electron chi connectivity index (χ0n) is 10.5. The van der Waals surface area contributed by atoms with Crippen LogP contribution in [0.4, 0.5) is 10.1 Å². The maximum atomic E-state index is 13.3. The van der Waals surface area contributed by atoms with Gasteiger partial charge in [-0.25, -0.2) is 4.39 Å². The van der Waals surface area contributed by atoms with Gasteiger partial charge in [-0.1, -0.05) is 26.7 Å². The van der Waals surface area contributed by atoms with Crippen LogP contribution in [0.15, 0.2) is 18.2 Å². The van der Waals surface area contributed by atoms with E-state index in [0.29, 0.717) is 5.56 Å². The highest BCUT2D eigenvalue weighted by Gasteiger charge is 2.19. The summed E-state index contributed by atoms with van der Waals surface area (Å²) in [5.41, 5.74) is 5.92. The first-order valence-electron chi connectivity index (χ1n) is 6.19. The molecule has 0 radical (unpaired) electrons. The van der Waals surface area contributed by atoms with Crippen molar-refractivity contribution in [3.05, 3.63) is 29.6 Å². The maximum absolute atomic E-state index is 13.3. The van der Waals surface area contributed by atoms with Crippen LogP contribution in [0.2, 0.25) is 0 Å². The number of carbonyl (C=O) groups excluding carboxylic acids is 1. The Morgan fingerprint density at radius 3 is 2.35 bits per heavy atom. The second-order valence-corrected chi connectivity index (χ2v) is 4.37. The van der Waals surface area contributed by atoms with Crippen molar-refractivity contribution in [1.29, 1.82) is 0 Å². The Bertz CT molecular complexity index is 384. The van der Waals surface area contributed by atoms with Gasteiger partial charge in [-0.2, -0.15) is 0 Å². The highest BCUT2D eigenvalue weighted by molar-refractivity contribution is 5.98. The lowest BCUT2D eigenvalue weighted by molar-refractivity contribution is 0.0904. The zero-order valence-corrected chi connectivity index (χ0v) is 10.5. The van der Waals surface area contributed by atoms with Crippen molar-refractivity contribution in [3.63, 3.8) is 0 Å². The fourth-order valence-corrected chi connectivity index (χ4v) is 2.02. The number of halogens is 1. The van der Waals surface area contributed by atoms with E-state index in [2.05, 4.69) is 13.8 Å². The van der Waals surface area contributed by atoms with Gasteiger partial charge < -0.3 is 5.73 Å². The van der Waals surface area contributed by atoms with Gasteiger partial charge in [-0.3, -0.25) is 4.79 Å². The molecule has 2 nitrogen and oxygen atoms in total. The molecular weight excluding hydrogens is 217 g/mol. The van der Waals surface area contributed by atoms with E-state index in [1.165, 1.54) is 12.1 Å². The van der Waals surface area contributed by atoms with Crippen LogP contribution < -0.4 is 5.73 Å². The molecule has 3 heteroatoms. The van der Waals surface area contributed by atoms with Crippen LogP contribution in [-0.4, -0.2) is 5.78 Å². The van der Waals surface area contributed by atoms with E-state index in [9.17, 15) is 9.18 Å². The smallest absolute Gasteiger partial charge is 0.166 e. The van der Waals surface area contributed by atoms with Gasteiger partial charge >= 0.3 is 0 Å². The Labute approximate surface area is 102 Å². The topological polar surface area (TPSA) is 43.1 Å². The standard InChI is InChI=1S/C14H20FNO/c1-3-5-10(6-4-2)14(17)11-7-8-13(16)12(15)9-11/h7-10H,3-6,16H2,1-2H3. The molecule has 0 aliphatic rings. The summed E-state index contributed by atoms with van der Waals surface area (Å²) in [6.45, 7) is 4.11. The van der Waals surface area contributed by atoms with Crippen molar-refractivity contribution in [2.45, 2.75) is 39.5 Å². The number of ketones is 1. The minimum absolute atomic E-state index is 0.00743. The van der Waals surface area contributed by atoms with Crippen molar-refractivity contribution >= 4 is 11.5 Å². The maximum Gasteiger partial charge on any atom is 0.166 e. The summed E-state index contributed by atoms with van der Waals surface area (Å²) in [4.78, 5) is 12.2. The predicted molar refractivity (Wildman–Crippen MR) is 68.4 cm³/mol. The second kappa shape index (κ2) is 6.38. The Hall–Kier alpha value is -1.38. The minimum Gasteiger partial charge on any atom is -0.396 e. The molecule has 0 aliphatic heterocycles. The van der Waals surface area contributed by atoms with Crippen LogP contribution in [0.25, 0.3) is 0 Å². The van der Waals surface area contributed by atoms with Crippen LogP contribution in [0.3, 0.4) is 0 Å². The van der Waals surface area contributed by atoms with Crippen molar-refractivity contribution in [2.75, 3.05) is 5.73 Å². The molecule has 0 unspecified atom stereocenters. The zero-order chi connectivity index (χ0) is 12.8. The van der Waals surface area contributed by atoms with E-state index in [-0.39, 0.29) is 17.4 Å². The molecule has 0 bridgehead atoms. The SMILES string of the molecule is CCCC(CCC)C(=O)c1ccc(N)c(F)c1. The number of nitrogens with two attached hydrogens (primary N) is 1. The normalized spacial score (nSPS) is 10.8. The molecule has 2 N–H and O–H groups in total. The number of benzene rings is 1. The monoisotopic (exact) mass is 237 g/mol. The molecule has 0 aromatic heterocycles. The average molecular weight is 237 g/mol. The molecular formula is C14H20FNO. The number of rotatable bonds is 6. The van der Waals surface area contributed by atoms with E-state index in [0.717, 1.165) is 25.7 Å². The van der Waals surface area contributed by atoms with Gasteiger partial charge in [-0.15, -0.1) is 0 Å². The first-order chi connectivity index (χ1) is 8.10. The predicted octanol–water partition coefficient (Wildman–Crippen LogP) is 3.81. The molecule has 0 saturated carbocycles. The molecule has 1 aromatic rings. The molecule has 0 fully saturated rings. The lowest BCUT2D eigenvalue weighted by Gasteiger charge is -2.14. The molecule has 0 saturated heterocycles. The van der Waals surface area contributed by atoms with Gasteiger partial charge in [0.25, 0.3) is 0 Å². The highest BCUT2D eigenvalue weighted by atomic mass is 19.1. The number of hydrogen-bond donors (Lipinski definition) is 1. The first kappa shape index (κ1) is 13.7. The van der Waals surface area contributed by atoms with E-state index >= 15 is 0 Å². The molecule has 0 spiro atoms. The number of hydrogen-bond acceptors (Lipinski definition) is 2. The molecule has 0 atom stereocenters. The molecule has 1 aromatic carbocycles. The van der Waals surface area contributed by atoms with Gasteiger partial charge in [-0.05, 0) is 31.0 Å². The largest absolute Gasteiger partial charge is 0.396 e. The van der Waals surface area contributed by atoms with Gasteiger partial charge in [0.15, 0.2) is 5.78 Å². The summed E-state index contributed by atoms with van der Waals surface area (Å²) in [7, 11) is 0. The Kier molecular flexibility index (Phi) is 5.13. The summed E-state index contributed by atoms with van der Waals surface area (Å²) >= 11 is 0. The fourth-order valence-electron chi connectivity index (χ4n) is 2.02. The lowest BCUT2D eigenvalue weighted by Crippen LogP contribution is -2.15. The van der Waals surface area contributed by atoms with Gasteiger partial charge in [0.2, 0.25) is 0 Å². The first-order valence-corrected chi connectivity index (χ1v) is 6.19. The van der Waals surface area contributed by atoms with Crippen molar-refractivity contribution in [3.8, 4) is 0 Å². The van der Waals surface area contributed by atoms with Crippen molar-refractivity contribution in [2.24, 2.45) is 5.92 Å². The molecule has 1 rings (SSSR count). The van der Waals surface area contributed by atoms with Crippen LogP contribution in [0, 0.1) is 11.7 Å².